The van der Waals surface area contributed by atoms with Crippen molar-refractivity contribution in [1.29, 1.82) is 0 Å². The quantitative estimate of drug-likeness (QED) is 0.576. The van der Waals surface area contributed by atoms with Crippen LogP contribution in [0.15, 0.2) is 11.0 Å². The number of hydrogen-bond donors (Lipinski definition) is 2. The normalized spacial score (nSPS) is 20.9. The third-order valence-electron chi connectivity index (χ3n) is 5.89. The smallest absolute Gasteiger partial charge is 0.339 e. The van der Waals surface area contributed by atoms with Crippen LogP contribution in [-0.4, -0.2) is 90.2 Å². The van der Waals surface area contributed by atoms with Crippen LogP contribution in [0.4, 0.5) is 0 Å². The third kappa shape index (κ3) is 3.29. The summed E-state index contributed by atoms with van der Waals surface area (Å²) in [7, 11) is 0. The summed E-state index contributed by atoms with van der Waals surface area (Å²) >= 11 is 0. The van der Waals surface area contributed by atoms with Crippen molar-refractivity contribution < 1.29 is 4.79 Å². The zero-order valence-electron chi connectivity index (χ0n) is 16.5. The molecule has 0 radical (unpaired) electrons. The molecule has 0 bridgehead atoms. The predicted octanol–water partition coefficient (Wildman–Crippen LogP) is -1.03. The Labute approximate surface area is 166 Å². The fourth-order valence-corrected chi connectivity index (χ4v) is 4.23. The van der Waals surface area contributed by atoms with Gasteiger partial charge in [0.15, 0.2) is 5.65 Å². The van der Waals surface area contributed by atoms with Gasteiger partial charge in [-0.3, -0.25) is 14.3 Å². The molecule has 0 aliphatic carbocycles. The lowest BCUT2D eigenvalue weighted by molar-refractivity contribution is -0.134. The number of nitrogens with one attached hydrogen (secondary N) is 2. The van der Waals surface area contributed by atoms with Crippen molar-refractivity contribution in [1.82, 2.24) is 44.2 Å². The number of carbonyl (C=O) groups excluding carboxylic acids is 1. The molecular weight excluding hydrogens is 374 g/mol. The van der Waals surface area contributed by atoms with Crippen LogP contribution in [0.25, 0.3) is 16.9 Å². The minimum absolute atomic E-state index is 0.00502. The number of imidazole rings is 1. The summed E-state index contributed by atoms with van der Waals surface area (Å²) < 4.78 is 3.28. The fraction of sp³-hybridized carbons (Fsp3) is 0.611. The number of piperazine rings is 1. The molecule has 2 saturated heterocycles. The van der Waals surface area contributed by atoms with Gasteiger partial charge in [0, 0.05) is 39.3 Å². The predicted molar refractivity (Wildman–Crippen MR) is 106 cm³/mol. The first-order valence-electron chi connectivity index (χ1n) is 10.2. The van der Waals surface area contributed by atoms with E-state index in [2.05, 4.69) is 30.3 Å². The van der Waals surface area contributed by atoms with Crippen molar-refractivity contribution in [2.75, 3.05) is 39.3 Å². The second-order valence-corrected chi connectivity index (χ2v) is 7.76. The highest BCUT2D eigenvalue weighted by Gasteiger charge is 2.29. The Balaban J connectivity index is 1.24. The number of carbonyl (C=O) groups is 1. The summed E-state index contributed by atoms with van der Waals surface area (Å²) in [5, 5.41) is 6.09. The summed E-state index contributed by atoms with van der Waals surface area (Å²) in [6, 6.07) is -0.00502. The zero-order chi connectivity index (χ0) is 20.0. The van der Waals surface area contributed by atoms with Gasteiger partial charge in [-0.2, -0.15) is 4.98 Å². The van der Waals surface area contributed by atoms with Crippen LogP contribution in [0.2, 0.25) is 0 Å². The molecule has 2 aliphatic heterocycles. The Morgan fingerprint density at radius 2 is 2.03 bits per heavy atom. The first kappa shape index (κ1) is 18.3. The van der Waals surface area contributed by atoms with Gasteiger partial charge < -0.3 is 10.2 Å². The van der Waals surface area contributed by atoms with Crippen LogP contribution in [0.5, 0.6) is 0 Å². The SMILES string of the molecule is Cc1ncc2c(n1)nc1n(CCN3CCN(C(=O)[C@@H]4CCCN4)CC3)c(=O)[nH]n21. The summed E-state index contributed by atoms with van der Waals surface area (Å²) in [6.07, 6.45) is 3.69. The number of rotatable bonds is 4. The molecule has 0 aromatic carbocycles. The van der Waals surface area contributed by atoms with Gasteiger partial charge in [-0.25, -0.2) is 24.4 Å². The van der Waals surface area contributed by atoms with Crippen molar-refractivity contribution in [3.05, 3.63) is 22.5 Å². The summed E-state index contributed by atoms with van der Waals surface area (Å²) in [5.41, 5.74) is 1.07. The Hall–Kier alpha value is -2.79. The van der Waals surface area contributed by atoms with Gasteiger partial charge in [0.25, 0.3) is 0 Å². The second kappa shape index (κ2) is 7.23. The van der Waals surface area contributed by atoms with Gasteiger partial charge in [0.1, 0.15) is 11.3 Å². The molecule has 5 heterocycles. The van der Waals surface area contributed by atoms with E-state index < -0.39 is 0 Å². The van der Waals surface area contributed by atoms with Gasteiger partial charge >= 0.3 is 5.69 Å². The van der Waals surface area contributed by atoms with E-state index in [9.17, 15) is 9.59 Å². The molecule has 11 heteroatoms. The first-order valence-corrected chi connectivity index (χ1v) is 10.2. The fourth-order valence-electron chi connectivity index (χ4n) is 4.23. The van der Waals surface area contributed by atoms with Crippen LogP contribution in [0.1, 0.15) is 18.7 Å². The van der Waals surface area contributed by atoms with Crippen LogP contribution < -0.4 is 11.0 Å². The standard InChI is InChI=1S/C18H25N9O2/c1-12-20-11-14-15(21-12)22-17-26(18(29)23-27(14)17)10-7-24-5-8-25(9-6-24)16(28)13-3-2-4-19-13/h11,13,19H,2-10H2,1H3,(H,23,29)/t13-/m0/s1. The molecule has 0 saturated carbocycles. The van der Waals surface area contributed by atoms with E-state index in [-0.39, 0.29) is 17.6 Å². The minimum Gasteiger partial charge on any atom is -0.339 e. The maximum absolute atomic E-state index is 12.5. The highest BCUT2D eigenvalue weighted by atomic mass is 16.2. The molecule has 0 unspecified atom stereocenters. The van der Waals surface area contributed by atoms with E-state index in [1.165, 1.54) is 0 Å². The first-order chi connectivity index (χ1) is 14.1. The highest BCUT2D eigenvalue weighted by Crippen LogP contribution is 2.13. The lowest BCUT2D eigenvalue weighted by atomic mass is 10.2. The van der Waals surface area contributed by atoms with Crippen LogP contribution >= 0.6 is 0 Å². The van der Waals surface area contributed by atoms with E-state index in [1.54, 1.807) is 15.3 Å². The molecular formula is C18H25N9O2. The van der Waals surface area contributed by atoms with E-state index in [0.717, 1.165) is 52.1 Å². The Kier molecular flexibility index (Phi) is 4.55. The minimum atomic E-state index is -0.198. The van der Waals surface area contributed by atoms with Gasteiger partial charge in [-0.05, 0) is 26.3 Å². The summed E-state index contributed by atoms with van der Waals surface area (Å²) in [4.78, 5) is 42.2. The average Bonchev–Trinajstić information content (AvgIpc) is 3.43. The molecule has 2 aliphatic rings. The molecule has 3 aromatic heterocycles. The van der Waals surface area contributed by atoms with Crippen LogP contribution in [-0.2, 0) is 11.3 Å². The molecule has 154 valence electrons. The van der Waals surface area contributed by atoms with Gasteiger partial charge in [0.05, 0.1) is 12.2 Å². The van der Waals surface area contributed by atoms with E-state index in [4.69, 9.17) is 0 Å². The number of amides is 1. The molecule has 2 fully saturated rings. The molecule has 11 nitrogen and oxygen atoms in total. The van der Waals surface area contributed by atoms with Crippen molar-refractivity contribution in [2.24, 2.45) is 0 Å². The largest absolute Gasteiger partial charge is 0.343 e. The maximum Gasteiger partial charge on any atom is 0.343 e. The molecule has 1 atom stereocenters. The zero-order valence-corrected chi connectivity index (χ0v) is 16.5. The number of aromatic amines is 1. The number of hydrogen-bond acceptors (Lipinski definition) is 7. The highest BCUT2D eigenvalue weighted by molar-refractivity contribution is 5.82. The van der Waals surface area contributed by atoms with Crippen LogP contribution in [0.3, 0.4) is 0 Å². The molecule has 3 aromatic rings. The van der Waals surface area contributed by atoms with Crippen LogP contribution in [0, 0.1) is 6.92 Å². The van der Waals surface area contributed by atoms with Gasteiger partial charge in [-0.15, -0.1) is 0 Å². The lowest BCUT2D eigenvalue weighted by Crippen LogP contribution is -2.53. The van der Waals surface area contributed by atoms with Gasteiger partial charge in [-0.1, -0.05) is 0 Å². The summed E-state index contributed by atoms with van der Waals surface area (Å²) in [5.74, 6) is 1.42. The lowest BCUT2D eigenvalue weighted by Gasteiger charge is -2.35. The maximum atomic E-state index is 12.5. The number of H-pyrrole nitrogens is 1. The third-order valence-corrected chi connectivity index (χ3v) is 5.89. The van der Waals surface area contributed by atoms with Crippen molar-refractivity contribution in [3.63, 3.8) is 0 Å². The Morgan fingerprint density at radius 3 is 2.79 bits per heavy atom. The van der Waals surface area contributed by atoms with E-state index in [1.807, 2.05) is 11.8 Å². The summed E-state index contributed by atoms with van der Waals surface area (Å²) in [6.45, 7) is 7.10. The van der Waals surface area contributed by atoms with E-state index in [0.29, 0.717) is 29.3 Å². The van der Waals surface area contributed by atoms with Crippen molar-refractivity contribution >= 4 is 22.8 Å². The molecule has 2 N–H and O–H groups in total. The molecule has 1 amide bonds. The van der Waals surface area contributed by atoms with Crippen molar-refractivity contribution in [3.8, 4) is 0 Å². The molecule has 0 spiro atoms. The Bertz CT molecular complexity index is 1100. The second-order valence-electron chi connectivity index (χ2n) is 7.76. The number of fused-ring (bicyclic) bond motifs is 3. The molecule has 5 rings (SSSR count). The number of aromatic nitrogens is 6. The number of aryl methyl sites for hydroxylation is 1. The molecule has 29 heavy (non-hydrogen) atoms. The van der Waals surface area contributed by atoms with Gasteiger partial charge in [0.2, 0.25) is 11.7 Å². The van der Waals surface area contributed by atoms with E-state index >= 15 is 0 Å². The number of nitrogens with zero attached hydrogens (tertiary/aromatic N) is 7. The monoisotopic (exact) mass is 399 g/mol. The topological polar surface area (TPSA) is 116 Å². The average molecular weight is 399 g/mol. The Morgan fingerprint density at radius 1 is 1.21 bits per heavy atom. The van der Waals surface area contributed by atoms with Crippen molar-refractivity contribution in [2.45, 2.75) is 32.4 Å².